The summed E-state index contributed by atoms with van der Waals surface area (Å²) in [6, 6.07) is 0.268. The number of carbonyl (C=O) groups excluding carboxylic acids is 1. The molecule has 7 nitrogen and oxygen atoms in total. The topological polar surface area (TPSA) is 60.4 Å². The van der Waals surface area contributed by atoms with Crippen LogP contribution in [-0.4, -0.2) is 101 Å². The molecule has 1 amide bonds. The highest BCUT2D eigenvalue weighted by Crippen LogP contribution is 2.36. The Hall–Kier alpha value is -0.420. The fourth-order valence-electron chi connectivity index (χ4n) is 5.14. The van der Waals surface area contributed by atoms with Gasteiger partial charge in [-0.1, -0.05) is 12.8 Å². The van der Waals surface area contributed by atoms with Crippen molar-refractivity contribution in [1.82, 2.24) is 20.0 Å². The lowest BCUT2D eigenvalue weighted by Crippen LogP contribution is -2.60. The van der Waals surface area contributed by atoms with Crippen molar-refractivity contribution in [3.8, 4) is 0 Å². The summed E-state index contributed by atoms with van der Waals surface area (Å²) in [4.78, 5) is 24.2. The third kappa shape index (κ3) is 5.49. The molecule has 9 heteroatoms. The molecule has 3 fully saturated rings. The Morgan fingerprint density at radius 2 is 1.90 bits per heavy atom. The van der Waals surface area contributed by atoms with E-state index in [0.29, 0.717) is 18.6 Å². The van der Waals surface area contributed by atoms with Crippen LogP contribution in [0.5, 0.6) is 0 Å². The highest BCUT2D eigenvalue weighted by Gasteiger charge is 2.42. The number of thioether (sulfide) groups is 1. The summed E-state index contributed by atoms with van der Waals surface area (Å²) < 4.78 is 5.56. The minimum atomic E-state index is -0.449. The number of fused-ring (bicyclic) bond motifs is 1. The van der Waals surface area contributed by atoms with E-state index in [1.165, 1.54) is 50.3 Å². The summed E-state index contributed by atoms with van der Waals surface area (Å²) in [5.74, 6) is 3.56. The van der Waals surface area contributed by atoms with Gasteiger partial charge in [-0.05, 0) is 33.6 Å². The number of halogens is 1. The quantitative estimate of drug-likeness (QED) is 0.545. The maximum absolute atomic E-state index is 12.4. The van der Waals surface area contributed by atoms with Crippen molar-refractivity contribution >= 4 is 47.8 Å². The van der Waals surface area contributed by atoms with Crippen molar-refractivity contribution < 1.29 is 9.53 Å². The molecule has 0 radical (unpaired) electrons. The Kier molecular flexibility index (Phi) is 8.09. The molecule has 0 aromatic carbocycles. The van der Waals surface area contributed by atoms with E-state index in [9.17, 15) is 4.79 Å². The first-order valence-corrected chi connectivity index (χ1v) is 12.4. The highest BCUT2D eigenvalue weighted by atomic mass is 127. The first-order valence-electron chi connectivity index (χ1n) is 11.2. The Labute approximate surface area is 202 Å². The smallest absolute Gasteiger partial charge is 0.410 e. The van der Waals surface area contributed by atoms with Gasteiger partial charge in [0.25, 0.3) is 0 Å². The molecule has 0 bridgehead atoms. The predicted molar refractivity (Wildman–Crippen MR) is 134 cm³/mol. The summed E-state index contributed by atoms with van der Waals surface area (Å²) in [5, 5.41) is 3.74. The molecule has 1 N–H and O–H groups in total. The first-order chi connectivity index (χ1) is 13.9. The second kappa shape index (κ2) is 10.0. The highest BCUT2D eigenvalue weighted by molar-refractivity contribution is 14.0. The average molecular weight is 552 g/mol. The van der Waals surface area contributed by atoms with Crippen molar-refractivity contribution in [2.24, 2.45) is 4.99 Å². The molecule has 172 valence electrons. The van der Waals surface area contributed by atoms with Crippen LogP contribution in [0.2, 0.25) is 0 Å². The third-order valence-electron chi connectivity index (χ3n) is 6.65. The van der Waals surface area contributed by atoms with E-state index in [1.54, 1.807) is 0 Å². The molecule has 2 saturated heterocycles. The van der Waals surface area contributed by atoms with Crippen LogP contribution in [0, 0.1) is 0 Å². The molecule has 0 aromatic heterocycles. The van der Waals surface area contributed by atoms with E-state index < -0.39 is 5.60 Å². The van der Waals surface area contributed by atoms with Crippen molar-refractivity contribution in [3.05, 3.63) is 0 Å². The molecule has 3 heterocycles. The molecule has 4 rings (SSSR count). The molecule has 4 aliphatic rings. The zero-order valence-electron chi connectivity index (χ0n) is 18.7. The number of ether oxygens (including phenoxy) is 1. The summed E-state index contributed by atoms with van der Waals surface area (Å²) in [5.41, 5.74) is -0.143. The molecule has 1 aliphatic carbocycles. The zero-order valence-corrected chi connectivity index (χ0v) is 21.8. The van der Waals surface area contributed by atoms with Gasteiger partial charge >= 0.3 is 6.09 Å². The lowest BCUT2D eigenvalue weighted by Gasteiger charge is -2.44. The van der Waals surface area contributed by atoms with Crippen molar-refractivity contribution in [1.29, 1.82) is 0 Å². The van der Waals surface area contributed by atoms with Crippen LogP contribution < -0.4 is 5.32 Å². The molecular weight excluding hydrogens is 513 g/mol. The van der Waals surface area contributed by atoms with E-state index in [2.05, 4.69) is 26.9 Å². The lowest BCUT2D eigenvalue weighted by atomic mass is 9.94. The van der Waals surface area contributed by atoms with E-state index >= 15 is 0 Å². The largest absolute Gasteiger partial charge is 0.444 e. The Morgan fingerprint density at radius 1 is 1.20 bits per heavy atom. The van der Waals surface area contributed by atoms with Crippen LogP contribution in [0.1, 0.15) is 46.5 Å². The number of aliphatic imine (C=N–C) groups is 1. The minimum Gasteiger partial charge on any atom is -0.444 e. The summed E-state index contributed by atoms with van der Waals surface area (Å²) in [6.07, 6.45) is 5.08. The van der Waals surface area contributed by atoms with Gasteiger partial charge in [-0.3, -0.25) is 9.89 Å². The van der Waals surface area contributed by atoms with Crippen LogP contribution in [0.25, 0.3) is 0 Å². The number of piperazine rings is 1. The third-order valence-corrected chi connectivity index (χ3v) is 7.59. The van der Waals surface area contributed by atoms with E-state index in [1.807, 2.05) is 25.7 Å². The first kappa shape index (κ1) is 24.2. The Bertz CT molecular complexity index is 629. The van der Waals surface area contributed by atoms with Crippen LogP contribution in [0.15, 0.2) is 4.99 Å². The van der Waals surface area contributed by atoms with Crippen molar-refractivity contribution in [3.63, 3.8) is 0 Å². The molecule has 3 aliphatic heterocycles. The Morgan fingerprint density at radius 3 is 2.57 bits per heavy atom. The number of carbonyl (C=O) groups is 1. The number of nitrogens with zero attached hydrogens (tertiary/aromatic N) is 4. The number of hydrogen-bond donors (Lipinski definition) is 1. The summed E-state index contributed by atoms with van der Waals surface area (Å²) in [7, 11) is 0. The standard InChI is InChI=1S/C21H37N5O2S.HI/c1-20(2,3)28-19(27)24-8-9-26-17(15-24)14-22-18(26)23-16-21(6-4-5-7-21)25-10-12-29-13-11-25;/h17H,4-16H2,1-3H3,(H,22,23);1H. The van der Waals surface area contributed by atoms with Crippen LogP contribution >= 0.6 is 35.7 Å². The van der Waals surface area contributed by atoms with Gasteiger partial charge in [0.15, 0.2) is 5.96 Å². The maximum atomic E-state index is 12.4. The molecule has 1 saturated carbocycles. The van der Waals surface area contributed by atoms with E-state index in [0.717, 1.165) is 25.6 Å². The van der Waals surface area contributed by atoms with Gasteiger partial charge in [-0.15, -0.1) is 24.0 Å². The monoisotopic (exact) mass is 551 g/mol. The molecule has 30 heavy (non-hydrogen) atoms. The van der Waals surface area contributed by atoms with E-state index in [-0.39, 0.29) is 36.1 Å². The second-order valence-corrected chi connectivity index (χ2v) is 11.0. The zero-order chi connectivity index (χ0) is 20.5. The van der Waals surface area contributed by atoms with Gasteiger partial charge in [0.2, 0.25) is 0 Å². The van der Waals surface area contributed by atoms with Crippen LogP contribution in [0.3, 0.4) is 0 Å². The van der Waals surface area contributed by atoms with E-state index in [4.69, 9.17) is 9.73 Å². The number of amides is 1. The maximum Gasteiger partial charge on any atom is 0.410 e. The molecule has 1 atom stereocenters. The average Bonchev–Trinajstić information content (AvgIpc) is 3.33. The van der Waals surface area contributed by atoms with Gasteiger partial charge in [0.05, 0.1) is 12.6 Å². The SMILES string of the molecule is CC(C)(C)OC(=O)N1CCN2C(NCC3(N4CCSCC4)CCCC3)=NCC2C1.I. The van der Waals surface area contributed by atoms with Gasteiger partial charge in [-0.25, -0.2) is 4.79 Å². The molecule has 0 aromatic rings. The number of rotatable bonds is 3. The number of guanidine groups is 1. The van der Waals surface area contributed by atoms with Gasteiger partial charge in [-0.2, -0.15) is 11.8 Å². The minimum absolute atomic E-state index is 0. The summed E-state index contributed by atoms with van der Waals surface area (Å²) in [6.45, 7) is 12.2. The number of nitrogens with one attached hydrogen (secondary N) is 1. The normalized spacial score (nSPS) is 26.6. The molecular formula is C21H38IN5O2S. The lowest BCUT2D eigenvalue weighted by molar-refractivity contribution is 0.0136. The summed E-state index contributed by atoms with van der Waals surface area (Å²) >= 11 is 2.08. The molecule has 0 spiro atoms. The van der Waals surface area contributed by atoms with Crippen molar-refractivity contribution in [2.75, 3.05) is 57.3 Å². The Balaban J connectivity index is 0.00000256. The van der Waals surface area contributed by atoms with Gasteiger partial charge in [0.1, 0.15) is 5.60 Å². The molecule has 1 unspecified atom stereocenters. The van der Waals surface area contributed by atoms with Crippen LogP contribution in [-0.2, 0) is 4.74 Å². The fourth-order valence-corrected chi connectivity index (χ4v) is 6.05. The van der Waals surface area contributed by atoms with Gasteiger partial charge < -0.3 is 19.9 Å². The van der Waals surface area contributed by atoms with Gasteiger partial charge in [0, 0.05) is 56.3 Å². The van der Waals surface area contributed by atoms with Crippen LogP contribution in [0.4, 0.5) is 4.79 Å². The predicted octanol–water partition coefficient (Wildman–Crippen LogP) is 2.85. The number of hydrogen-bond acceptors (Lipinski definition) is 7. The second-order valence-electron chi connectivity index (χ2n) is 9.82. The van der Waals surface area contributed by atoms with Crippen molar-refractivity contribution in [2.45, 2.75) is 63.6 Å². The fraction of sp³-hybridized carbons (Fsp3) is 0.905.